The van der Waals surface area contributed by atoms with E-state index in [0.29, 0.717) is 11.8 Å². The molecule has 0 heterocycles. The summed E-state index contributed by atoms with van der Waals surface area (Å²) in [6, 6.07) is 0.0934. The van der Waals surface area contributed by atoms with Crippen LogP contribution in [0, 0.1) is 11.8 Å². The summed E-state index contributed by atoms with van der Waals surface area (Å²) in [7, 11) is 0. The number of urea groups is 1. The molecule has 0 unspecified atom stereocenters. The molecular weight excluding hydrogens is 200 g/mol. The average Bonchev–Trinajstić information content (AvgIpc) is 2.15. The number of amides is 2. The van der Waals surface area contributed by atoms with Gasteiger partial charge >= 0.3 is 6.03 Å². The van der Waals surface area contributed by atoms with Crippen molar-refractivity contribution in [1.29, 1.82) is 0 Å². The van der Waals surface area contributed by atoms with E-state index < -0.39 is 0 Å². The molecule has 0 bridgehead atoms. The Bertz CT molecular complexity index is 180. The molecule has 96 valence electrons. The molecule has 0 aliphatic carbocycles. The van der Waals surface area contributed by atoms with E-state index in [1.807, 2.05) is 4.90 Å². The van der Waals surface area contributed by atoms with Gasteiger partial charge in [-0.1, -0.05) is 41.0 Å². The number of nitrogens with zero attached hydrogens (tertiary/aromatic N) is 1. The van der Waals surface area contributed by atoms with Gasteiger partial charge in [0, 0.05) is 19.6 Å². The average molecular weight is 228 g/mol. The van der Waals surface area contributed by atoms with Gasteiger partial charge in [0.15, 0.2) is 0 Å². The number of rotatable bonds is 7. The third kappa shape index (κ3) is 7.55. The minimum Gasteiger partial charge on any atom is -0.338 e. The van der Waals surface area contributed by atoms with Gasteiger partial charge < -0.3 is 10.2 Å². The predicted molar refractivity (Wildman–Crippen MR) is 69.6 cm³/mol. The summed E-state index contributed by atoms with van der Waals surface area (Å²) >= 11 is 0. The molecule has 0 fully saturated rings. The van der Waals surface area contributed by atoms with E-state index in [0.717, 1.165) is 32.5 Å². The van der Waals surface area contributed by atoms with E-state index in [1.54, 1.807) is 0 Å². The van der Waals surface area contributed by atoms with Gasteiger partial charge in [-0.3, -0.25) is 0 Å². The van der Waals surface area contributed by atoms with Crippen LogP contribution in [-0.2, 0) is 0 Å². The number of carbonyl (C=O) groups is 1. The maximum atomic E-state index is 11.9. The fourth-order valence-corrected chi connectivity index (χ4v) is 1.61. The Morgan fingerprint density at radius 2 is 1.62 bits per heavy atom. The van der Waals surface area contributed by atoms with Crippen LogP contribution in [0.25, 0.3) is 0 Å². The van der Waals surface area contributed by atoms with Gasteiger partial charge in [0.25, 0.3) is 0 Å². The van der Waals surface area contributed by atoms with Crippen LogP contribution in [0.1, 0.15) is 47.5 Å². The third-order valence-corrected chi connectivity index (χ3v) is 2.26. The first-order valence-corrected chi connectivity index (χ1v) is 6.50. The Hall–Kier alpha value is -0.730. The van der Waals surface area contributed by atoms with Crippen LogP contribution >= 0.6 is 0 Å². The van der Waals surface area contributed by atoms with E-state index in [9.17, 15) is 4.79 Å². The summed E-state index contributed by atoms with van der Waals surface area (Å²) in [5.41, 5.74) is 0. The second-order valence-electron chi connectivity index (χ2n) is 5.28. The van der Waals surface area contributed by atoms with Gasteiger partial charge in [0.1, 0.15) is 0 Å². The lowest BCUT2D eigenvalue weighted by atomic mass is 10.1. The van der Waals surface area contributed by atoms with E-state index in [2.05, 4.69) is 39.9 Å². The van der Waals surface area contributed by atoms with Crippen molar-refractivity contribution in [2.45, 2.75) is 47.5 Å². The van der Waals surface area contributed by atoms with Gasteiger partial charge in [-0.05, 0) is 18.3 Å². The van der Waals surface area contributed by atoms with E-state index in [1.165, 1.54) is 0 Å². The second-order valence-corrected chi connectivity index (χ2v) is 5.28. The maximum absolute atomic E-state index is 11.9. The third-order valence-electron chi connectivity index (χ3n) is 2.26. The topological polar surface area (TPSA) is 32.3 Å². The zero-order valence-corrected chi connectivity index (χ0v) is 11.5. The highest BCUT2D eigenvalue weighted by Gasteiger charge is 2.15. The number of hydrogen-bond acceptors (Lipinski definition) is 1. The molecule has 0 saturated carbocycles. The lowest BCUT2D eigenvalue weighted by Crippen LogP contribution is -2.43. The van der Waals surface area contributed by atoms with E-state index in [4.69, 9.17) is 0 Å². The molecule has 0 spiro atoms. The van der Waals surface area contributed by atoms with Crippen LogP contribution < -0.4 is 5.32 Å². The van der Waals surface area contributed by atoms with Gasteiger partial charge in [-0.25, -0.2) is 4.79 Å². The van der Waals surface area contributed by atoms with Crippen molar-refractivity contribution >= 4 is 6.03 Å². The molecule has 0 aromatic heterocycles. The summed E-state index contributed by atoms with van der Waals surface area (Å²) in [4.78, 5) is 13.8. The molecule has 3 nitrogen and oxygen atoms in total. The Morgan fingerprint density at radius 3 is 2.00 bits per heavy atom. The Balaban J connectivity index is 4.10. The highest BCUT2D eigenvalue weighted by molar-refractivity contribution is 5.74. The zero-order chi connectivity index (χ0) is 12.6. The molecule has 0 aromatic rings. The quantitative estimate of drug-likeness (QED) is 0.667. The molecule has 0 saturated heterocycles. The highest BCUT2D eigenvalue weighted by atomic mass is 16.2. The van der Waals surface area contributed by atoms with Gasteiger partial charge in [-0.15, -0.1) is 0 Å². The van der Waals surface area contributed by atoms with Crippen LogP contribution in [0.4, 0.5) is 4.79 Å². The minimum atomic E-state index is 0.0934. The molecule has 3 heteroatoms. The molecule has 0 aliphatic heterocycles. The van der Waals surface area contributed by atoms with Gasteiger partial charge in [0.05, 0.1) is 0 Å². The summed E-state index contributed by atoms with van der Waals surface area (Å²) in [6.45, 7) is 13.2. The van der Waals surface area contributed by atoms with Crippen LogP contribution in [-0.4, -0.2) is 30.6 Å². The smallest absolute Gasteiger partial charge is 0.317 e. The number of hydrogen-bond donors (Lipinski definition) is 1. The molecule has 0 aromatic carbocycles. The highest BCUT2D eigenvalue weighted by Crippen LogP contribution is 2.04. The Morgan fingerprint density at radius 1 is 1.12 bits per heavy atom. The first-order chi connectivity index (χ1) is 7.47. The number of carbonyl (C=O) groups excluding carboxylic acids is 1. The normalized spacial score (nSPS) is 10.9. The minimum absolute atomic E-state index is 0.0934. The van der Waals surface area contributed by atoms with Crippen LogP contribution in [0.2, 0.25) is 0 Å². The molecule has 1 N–H and O–H groups in total. The van der Waals surface area contributed by atoms with Crippen LogP contribution in [0.15, 0.2) is 0 Å². The van der Waals surface area contributed by atoms with Crippen molar-refractivity contribution in [2.75, 3.05) is 19.6 Å². The molecule has 0 rings (SSSR count). The van der Waals surface area contributed by atoms with Crippen LogP contribution in [0.3, 0.4) is 0 Å². The molecule has 0 atom stereocenters. The van der Waals surface area contributed by atoms with Crippen molar-refractivity contribution < 1.29 is 4.79 Å². The molecular formula is C13H28N2O. The predicted octanol–water partition coefficient (Wildman–Crippen LogP) is 3.11. The Kier molecular flexibility index (Phi) is 8.04. The van der Waals surface area contributed by atoms with Crippen molar-refractivity contribution in [3.8, 4) is 0 Å². The SMILES string of the molecule is CCCCNC(=O)N(CC(C)C)CC(C)C. The van der Waals surface area contributed by atoms with E-state index in [-0.39, 0.29) is 6.03 Å². The van der Waals surface area contributed by atoms with E-state index >= 15 is 0 Å². The fourth-order valence-electron chi connectivity index (χ4n) is 1.61. The fraction of sp³-hybridized carbons (Fsp3) is 0.923. The van der Waals surface area contributed by atoms with Gasteiger partial charge in [-0.2, -0.15) is 0 Å². The van der Waals surface area contributed by atoms with Gasteiger partial charge in [0.2, 0.25) is 0 Å². The molecule has 2 amide bonds. The molecule has 0 radical (unpaired) electrons. The maximum Gasteiger partial charge on any atom is 0.317 e. The lowest BCUT2D eigenvalue weighted by molar-refractivity contribution is 0.183. The lowest BCUT2D eigenvalue weighted by Gasteiger charge is -2.26. The second kappa shape index (κ2) is 8.43. The monoisotopic (exact) mass is 228 g/mol. The largest absolute Gasteiger partial charge is 0.338 e. The first-order valence-electron chi connectivity index (χ1n) is 6.50. The Labute approximate surface area is 101 Å². The van der Waals surface area contributed by atoms with Crippen molar-refractivity contribution in [1.82, 2.24) is 10.2 Å². The first kappa shape index (κ1) is 15.3. The standard InChI is InChI=1S/C13H28N2O/c1-6-7-8-14-13(16)15(9-11(2)3)10-12(4)5/h11-12H,6-10H2,1-5H3,(H,14,16). The molecule has 16 heavy (non-hydrogen) atoms. The number of nitrogens with one attached hydrogen (secondary N) is 1. The van der Waals surface area contributed by atoms with Crippen LogP contribution in [0.5, 0.6) is 0 Å². The molecule has 0 aliphatic rings. The zero-order valence-electron chi connectivity index (χ0n) is 11.5. The van der Waals surface area contributed by atoms with Crippen molar-refractivity contribution in [2.24, 2.45) is 11.8 Å². The number of unbranched alkanes of at least 4 members (excludes halogenated alkanes) is 1. The van der Waals surface area contributed by atoms with Crippen molar-refractivity contribution in [3.63, 3.8) is 0 Å². The summed E-state index contributed by atoms with van der Waals surface area (Å²) < 4.78 is 0. The summed E-state index contributed by atoms with van der Waals surface area (Å²) in [5, 5.41) is 2.98. The summed E-state index contributed by atoms with van der Waals surface area (Å²) in [6.07, 6.45) is 2.18. The van der Waals surface area contributed by atoms with Crippen molar-refractivity contribution in [3.05, 3.63) is 0 Å². The summed E-state index contributed by atoms with van der Waals surface area (Å²) in [5.74, 6) is 1.05.